The summed E-state index contributed by atoms with van der Waals surface area (Å²) < 4.78 is 1.02. The van der Waals surface area contributed by atoms with Gasteiger partial charge in [-0.25, -0.2) is 0 Å². The summed E-state index contributed by atoms with van der Waals surface area (Å²) in [7, 11) is 0. The van der Waals surface area contributed by atoms with Crippen molar-refractivity contribution in [2.75, 3.05) is 5.32 Å². The van der Waals surface area contributed by atoms with Gasteiger partial charge in [-0.3, -0.25) is 9.78 Å². The lowest BCUT2D eigenvalue weighted by Gasteiger charge is -2.08. The van der Waals surface area contributed by atoms with E-state index in [1.165, 1.54) is 5.56 Å². The summed E-state index contributed by atoms with van der Waals surface area (Å²) in [5, 5.41) is 3.00. The molecule has 1 aliphatic carbocycles. The van der Waals surface area contributed by atoms with Gasteiger partial charge in [-0.1, -0.05) is 15.9 Å². The third kappa shape index (κ3) is 1.43. The van der Waals surface area contributed by atoms with Crippen molar-refractivity contribution in [2.24, 2.45) is 0 Å². The van der Waals surface area contributed by atoms with Crippen LogP contribution in [-0.4, -0.2) is 10.9 Å². The van der Waals surface area contributed by atoms with Crippen LogP contribution in [0.3, 0.4) is 0 Å². The highest BCUT2D eigenvalue weighted by Gasteiger charge is 2.65. The topological polar surface area (TPSA) is 42.0 Å². The van der Waals surface area contributed by atoms with Gasteiger partial charge in [-0.05, 0) is 47.9 Å². The predicted octanol–water partition coefficient (Wildman–Crippen LogP) is 3.22. The van der Waals surface area contributed by atoms with Crippen LogP contribution in [0.1, 0.15) is 23.5 Å². The molecule has 2 aromatic rings. The van der Waals surface area contributed by atoms with Gasteiger partial charge in [0.15, 0.2) is 0 Å². The second kappa shape index (κ2) is 3.67. The molecule has 0 saturated heterocycles. The standard InChI is InChI=1S/C15H11BrN2O/c16-10-1-2-13-11(7-10)15(14(19)18-13)8-12(15)9-3-5-17-6-4-9/h1-7,12H,8H2,(H,18,19)/t12-,15-/m0/s1. The molecule has 2 atom stereocenters. The normalized spacial score (nSPS) is 27.2. The fourth-order valence-corrected chi connectivity index (χ4v) is 3.52. The van der Waals surface area contributed by atoms with Crippen molar-refractivity contribution in [3.8, 4) is 0 Å². The maximum Gasteiger partial charge on any atom is 0.235 e. The average molecular weight is 315 g/mol. The first-order chi connectivity index (χ1) is 9.22. The second-order valence-corrected chi connectivity index (χ2v) is 6.07. The summed E-state index contributed by atoms with van der Waals surface area (Å²) in [4.78, 5) is 16.4. The lowest BCUT2D eigenvalue weighted by molar-refractivity contribution is -0.118. The number of rotatable bonds is 1. The molecule has 1 fully saturated rings. The minimum atomic E-state index is -0.361. The molecule has 0 bridgehead atoms. The molecule has 1 saturated carbocycles. The second-order valence-electron chi connectivity index (χ2n) is 5.15. The van der Waals surface area contributed by atoms with Crippen LogP contribution in [0.2, 0.25) is 0 Å². The SMILES string of the molecule is O=C1Nc2ccc(Br)cc2[C@]12C[C@H]2c1ccncc1. The summed E-state index contributed by atoms with van der Waals surface area (Å²) in [6.45, 7) is 0. The molecule has 2 aliphatic rings. The third-order valence-corrected chi connectivity index (χ3v) is 4.68. The van der Waals surface area contributed by atoms with Crippen LogP contribution in [0.15, 0.2) is 47.2 Å². The summed E-state index contributed by atoms with van der Waals surface area (Å²) in [6.07, 6.45) is 4.46. The zero-order chi connectivity index (χ0) is 13.0. The average Bonchev–Trinajstić information content (AvgIpc) is 3.12. The Morgan fingerprint density at radius 3 is 2.84 bits per heavy atom. The fraction of sp³-hybridized carbons (Fsp3) is 0.200. The number of fused-ring (bicyclic) bond motifs is 2. The molecule has 4 heteroatoms. The van der Waals surface area contributed by atoms with E-state index in [-0.39, 0.29) is 17.2 Å². The maximum absolute atomic E-state index is 12.4. The number of halogens is 1. The van der Waals surface area contributed by atoms with Crippen molar-refractivity contribution in [1.29, 1.82) is 0 Å². The molecule has 2 heterocycles. The van der Waals surface area contributed by atoms with Crippen molar-refractivity contribution < 1.29 is 4.79 Å². The van der Waals surface area contributed by atoms with E-state index in [1.54, 1.807) is 12.4 Å². The Labute approximate surface area is 119 Å². The van der Waals surface area contributed by atoms with Crippen LogP contribution in [0.5, 0.6) is 0 Å². The number of anilines is 1. The molecule has 1 aromatic heterocycles. The van der Waals surface area contributed by atoms with Gasteiger partial charge in [0.25, 0.3) is 0 Å². The minimum Gasteiger partial charge on any atom is -0.325 e. The Kier molecular flexibility index (Phi) is 2.16. The number of hydrogen-bond acceptors (Lipinski definition) is 2. The fourth-order valence-electron chi connectivity index (χ4n) is 3.16. The third-order valence-electron chi connectivity index (χ3n) is 4.18. The van der Waals surface area contributed by atoms with E-state index in [2.05, 4.69) is 32.3 Å². The first-order valence-electron chi connectivity index (χ1n) is 6.23. The van der Waals surface area contributed by atoms with Crippen LogP contribution >= 0.6 is 15.9 Å². The molecule has 1 amide bonds. The van der Waals surface area contributed by atoms with Gasteiger partial charge in [0, 0.05) is 28.5 Å². The molecular formula is C15H11BrN2O. The van der Waals surface area contributed by atoms with E-state index < -0.39 is 0 Å². The van der Waals surface area contributed by atoms with Gasteiger partial charge in [-0.2, -0.15) is 0 Å². The largest absolute Gasteiger partial charge is 0.325 e. The number of benzene rings is 1. The summed E-state index contributed by atoms with van der Waals surface area (Å²) in [5.41, 5.74) is 2.90. The van der Waals surface area contributed by atoms with E-state index in [1.807, 2.05) is 24.3 Å². The van der Waals surface area contributed by atoms with Gasteiger partial charge >= 0.3 is 0 Å². The van der Waals surface area contributed by atoms with E-state index in [0.717, 1.165) is 22.1 Å². The van der Waals surface area contributed by atoms with Crippen LogP contribution in [0, 0.1) is 0 Å². The number of pyridine rings is 1. The van der Waals surface area contributed by atoms with Crippen molar-refractivity contribution in [3.63, 3.8) is 0 Å². The Morgan fingerprint density at radius 1 is 1.26 bits per heavy atom. The van der Waals surface area contributed by atoms with Crippen molar-refractivity contribution in [3.05, 3.63) is 58.3 Å². The van der Waals surface area contributed by atoms with Crippen LogP contribution in [0.4, 0.5) is 5.69 Å². The van der Waals surface area contributed by atoms with Gasteiger partial charge in [-0.15, -0.1) is 0 Å². The predicted molar refractivity (Wildman–Crippen MR) is 76.0 cm³/mol. The zero-order valence-electron chi connectivity index (χ0n) is 10.1. The summed E-state index contributed by atoms with van der Waals surface area (Å²) in [5.74, 6) is 0.397. The Hall–Kier alpha value is -1.68. The molecule has 0 radical (unpaired) electrons. The quantitative estimate of drug-likeness (QED) is 0.878. The Balaban J connectivity index is 1.82. The number of hydrogen-bond donors (Lipinski definition) is 1. The molecule has 1 spiro atoms. The van der Waals surface area contributed by atoms with Gasteiger partial charge < -0.3 is 5.32 Å². The van der Waals surface area contributed by atoms with E-state index >= 15 is 0 Å². The molecule has 3 nitrogen and oxygen atoms in total. The highest BCUT2D eigenvalue weighted by molar-refractivity contribution is 9.10. The first-order valence-corrected chi connectivity index (χ1v) is 7.02. The van der Waals surface area contributed by atoms with Crippen molar-refractivity contribution in [1.82, 2.24) is 4.98 Å². The van der Waals surface area contributed by atoms with Crippen molar-refractivity contribution in [2.45, 2.75) is 17.8 Å². The molecule has 1 aromatic carbocycles. The zero-order valence-corrected chi connectivity index (χ0v) is 11.6. The monoisotopic (exact) mass is 314 g/mol. The van der Waals surface area contributed by atoms with Crippen LogP contribution < -0.4 is 5.32 Å². The molecule has 94 valence electrons. The summed E-state index contributed by atoms with van der Waals surface area (Å²) >= 11 is 3.49. The van der Waals surface area contributed by atoms with Crippen LogP contribution in [-0.2, 0) is 10.2 Å². The molecular weight excluding hydrogens is 304 g/mol. The van der Waals surface area contributed by atoms with E-state index in [9.17, 15) is 4.79 Å². The van der Waals surface area contributed by atoms with E-state index in [4.69, 9.17) is 0 Å². The van der Waals surface area contributed by atoms with Gasteiger partial charge in [0.05, 0.1) is 5.41 Å². The Bertz CT molecular complexity index is 686. The Morgan fingerprint density at radius 2 is 2.05 bits per heavy atom. The highest BCUT2D eigenvalue weighted by atomic mass is 79.9. The smallest absolute Gasteiger partial charge is 0.235 e. The number of carbonyl (C=O) groups excluding carboxylic acids is 1. The van der Waals surface area contributed by atoms with Gasteiger partial charge in [0.1, 0.15) is 0 Å². The summed E-state index contributed by atoms with van der Waals surface area (Å²) in [6, 6.07) is 10.00. The first kappa shape index (κ1) is 11.2. The molecule has 1 N–H and O–H groups in total. The van der Waals surface area contributed by atoms with E-state index in [0.29, 0.717) is 0 Å². The molecule has 1 aliphatic heterocycles. The lowest BCUT2D eigenvalue weighted by atomic mass is 9.92. The number of aromatic nitrogens is 1. The number of amides is 1. The molecule has 4 rings (SSSR count). The number of nitrogens with one attached hydrogen (secondary N) is 1. The maximum atomic E-state index is 12.4. The number of nitrogens with zero attached hydrogens (tertiary/aromatic N) is 1. The van der Waals surface area contributed by atoms with Gasteiger partial charge in [0.2, 0.25) is 5.91 Å². The molecule has 0 unspecified atom stereocenters. The van der Waals surface area contributed by atoms with Crippen molar-refractivity contribution >= 4 is 27.5 Å². The lowest BCUT2D eigenvalue weighted by Crippen LogP contribution is -2.20. The highest BCUT2D eigenvalue weighted by Crippen LogP contribution is 2.65. The van der Waals surface area contributed by atoms with Crippen LogP contribution in [0.25, 0.3) is 0 Å². The molecule has 19 heavy (non-hydrogen) atoms. The number of carbonyl (C=O) groups is 1. The minimum absolute atomic E-state index is 0.127.